The van der Waals surface area contributed by atoms with Gasteiger partial charge in [0.2, 0.25) is 0 Å². The maximum absolute atomic E-state index is 5.93. The van der Waals surface area contributed by atoms with E-state index in [1.807, 2.05) is 30.3 Å². The first kappa shape index (κ1) is 14.4. The monoisotopic (exact) mass is 364 g/mol. The Morgan fingerprint density at radius 2 is 2.10 bits per heavy atom. The lowest BCUT2D eigenvalue weighted by molar-refractivity contribution is 0.415. The van der Waals surface area contributed by atoms with Crippen molar-refractivity contribution in [1.82, 2.24) is 9.55 Å². The second-order valence-electron chi connectivity index (χ2n) is 4.64. The molecular weight excluding hydrogens is 352 g/mol. The zero-order valence-corrected chi connectivity index (χ0v) is 13.9. The normalized spacial score (nSPS) is 11.0. The summed E-state index contributed by atoms with van der Waals surface area (Å²) in [6, 6.07) is 14.1. The molecule has 0 aliphatic heterocycles. The maximum atomic E-state index is 5.93. The minimum Gasteiger partial charge on any atom is -0.497 e. The van der Waals surface area contributed by atoms with Crippen molar-refractivity contribution in [1.29, 1.82) is 0 Å². The van der Waals surface area contributed by atoms with Gasteiger partial charge in [-0.1, -0.05) is 22.0 Å². The average Bonchev–Trinajstić information content (AvgIpc) is 2.84. The number of fused-ring (bicyclic) bond motifs is 1. The summed E-state index contributed by atoms with van der Waals surface area (Å²) in [6.45, 7) is 0. The van der Waals surface area contributed by atoms with Crippen LogP contribution in [0.3, 0.4) is 0 Å². The lowest BCUT2D eigenvalue weighted by Gasteiger charge is -2.09. The number of aromatic nitrogens is 2. The molecule has 0 amide bonds. The van der Waals surface area contributed by atoms with Gasteiger partial charge in [-0.2, -0.15) is 0 Å². The van der Waals surface area contributed by atoms with Gasteiger partial charge < -0.3 is 4.74 Å². The molecule has 3 rings (SSSR count). The summed E-state index contributed by atoms with van der Waals surface area (Å²) in [4.78, 5) is 4.70. The fourth-order valence-electron chi connectivity index (χ4n) is 2.39. The van der Waals surface area contributed by atoms with Crippen LogP contribution in [0.15, 0.2) is 46.9 Å². The van der Waals surface area contributed by atoms with Crippen molar-refractivity contribution in [2.45, 2.75) is 6.42 Å². The molecule has 3 aromatic rings. The molecule has 108 valence electrons. The third kappa shape index (κ3) is 2.78. The lowest BCUT2D eigenvalue weighted by atomic mass is 10.2. The molecule has 0 saturated carbocycles. The molecule has 0 fully saturated rings. The molecule has 0 aliphatic rings. The van der Waals surface area contributed by atoms with E-state index in [-0.39, 0.29) is 0 Å². The first-order chi connectivity index (χ1) is 10.2. The van der Waals surface area contributed by atoms with Crippen molar-refractivity contribution in [3.05, 3.63) is 52.8 Å². The molecule has 1 heterocycles. The summed E-state index contributed by atoms with van der Waals surface area (Å²) in [5.41, 5.74) is 3.03. The first-order valence-corrected chi connectivity index (χ1v) is 7.93. The number of hydrogen-bond donors (Lipinski definition) is 0. The number of aryl methyl sites for hydroxylation is 1. The zero-order chi connectivity index (χ0) is 14.8. The Morgan fingerprint density at radius 3 is 2.81 bits per heavy atom. The minimum absolute atomic E-state index is 0.536. The van der Waals surface area contributed by atoms with E-state index >= 15 is 0 Å². The Balaban J connectivity index is 2.25. The van der Waals surface area contributed by atoms with Crippen LogP contribution in [0.2, 0.25) is 0 Å². The van der Waals surface area contributed by atoms with Gasteiger partial charge >= 0.3 is 0 Å². The lowest BCUT2D eigenvalue weighted by Crippen LogP contribution is -2.02. The van der Waals surface area contributed by atoms with Gasteiger partial charge in [0.25, 0.3) is 0 Å². The van der Waals surface area contributed by atoms with E-state index in [1.54, 1.807) is 7.11 Å². The molecule has 3 nitrogen and oxygen atoms in total. The van der Waals surface area contributed by atoms with Crippen molar-refractivity contribution in [2.24, 2.45) is 0 Å². The molecule has 0 saturated heterocycles. The van der Waals surface area contributed by atoms with Gasteiger partial charge in [-0.25, -0.2) is 4.98 Å². The largest absolute Gasteiger partial charge is 0.497 e. The molecule has 0 unspecified atom stereocenters. The second-order valence-corrected chi connectivity index (χ2v) is 5.93. The third-order valence-electron chi connectivity index (χ3n) is 3.32. The smallest absolute Gasteiger partial charge is 0.121 e. The van der Waals surface area contributed by atoms with Gasteiger partial charge in [0.05, 0.1) is 18.1 Å². The van der Waals surface area contributed by atoms with Crippen LogP contribution in [0.1, 0.15) is 5.82 Å². The quantitative estimate of drug-likeness (QED) is 0.633. The van der Waals surface area contributed by atoms with Crippen molar-refractivity contribution in [3.63, 3.8) is 0 Å². The van der Waals surface area contributed by atoms with Crippen LogP contribution in [-0.2, 0) is 6.42 Å². The highest BCUT2D eigenvalue weighted by atomic mass is 79.9. The Morgan fingerprint density at radius 1 is 1.24 bits per heavy atom. The average molecular weight is 366 g/mol. The Hall–Kier alpha value is -1.52. The van der Waals surface area contributed by atoms with Crippen LogP contribution < -0.4 is 4.74 Å². The predicted molar refractivity (Wildman–Crippen MR) is 89.7 cm³/mol. The Bertz CT molecular complexity index is 785. The van der Waals surface area contributed by atoms with Crippen LogP contribution in [0.5, 0.6) is 5.75 Å². The molecule has 1 aromatic heterocycles. The van der Waals surface area contributed by atoms with E-state index in [4.69, 9.17) is 21.3 Å². The minimum atomic E-state index is 0.536. The Kier molecular flexibility index (Phi) is 4.17. The van der Waals surface area contributed by atoms with Crippen LogP contribution in [-0.4, -0.2) is 22.5 Å². The summed E-state index contributed by atoms with van der Waals surface area (Å²) in [5, 5.41) is 0. The zero-order valence-electron chi connectivity index (χ0n) is 11.5. The number of imidazole rings is 1. The summed E-state index contributed by atoms with van der Waals surface area (Å²) < 4.78 is 8.45. The van der Waals surface area contributed by atoms with Gasteiger partial charge in [-0.15, -0.1) is 11.6 Å². The van der Waals surface area contributed by atoms with E-state index < -0.39 is 0 Å². The van der Waals surface area contributed by atoms with Crippen LogP contribution in [0, 0.1) is 0 Å². The molecule has 5 heteroatoms. The maximum Gasteiger partial charge on any atom is 0.121 e. The van der Waals surface area contributed by atoms with Crippen LogP contribution >= 0.6 is 27.5 Å². The highest BCUT2D eigenvalue weighted by Gasteiger charge is 2.13. The van der Waals surface area contributed by atoms with Crippen molar-refractivity contribution < 1.29 is 4.74 Å². The SMILES string of the molecule is COc1ccc2c(c1)nc(CCCl)n2-c1cccc(Br)c1. The molecule has 0 N–H and O–H groups in total. The first-order valence-electron chi connectivity index (χ1n) is 6.60. The summed E-state index contributed by atoms with van der Waals surface area (Å²) in [5.74, 6) is 2.29. The van der Waals surface area contributed by atoms with E-state index in [0.717, 1.165) is 32.8 Å². The van der Waals surface area contributed by atoms with Crippen molar-refractivity contribution in [2.75, 3.05) is 13.0 Å². The van der Waals surface area contributed by atoms with E-state index in [2.05, 4.69) is 32.6 Å². The molecule has 0 radical (unpaired) electrons. The highest BCUT2D eigenvalue weighted by molar-refractivity contribution is 9.10. The number of benzene rings is 2. The molecule has 0 spiro atoms. The number of rotatable bonds is 4. The molecule has 0 aliphatic carbocycles. The fourth-order valence-corrected chi connectivity index (χ4v) is 2.95. The van der Waals surface area contributed by atoms with Gasteiger partial charge in [-0.05, 0) is 30.3 Å². The van der Waals surface area contributed by atoms with Gasteiger partial charge in [0, 0.05) is 28.5 Å². The Labute approximate surface area is 136 Å². The van der Waals surface area contributed by atoms with Gasteiger partial charge in [0.15, 0.2) is 0 Å². The molecule has 0 bridgehead atoms. The summed E-state index contributed by atoms with van der Waals surface area (Å²) in [6.07, 6.45) is 0.713. The van der Waals surface area contributed by atoms with Crippen molar-refractivity contribution in [3.8, 4) is 11.4 Å². The number of halogens is 2. The van der Waals surface area contributed by atoms with Crippen LogP contribution in [0.25, 0.3) is 16.7 Å². The standard InChI is InChI=1S/C16H14BrClN2O/c1-21-13-5-6-15-14(10-13)19-16(7-8-18)20(15)12-4-2-3-11(17)9-12/h2-6,9-10H,7-8H2,1H3. The number of ether oxygens (including phenoxy) is 1. The van der Waals surface area contributed by atoms with Crippen LogP contribution in [0.4, 0.5) is 0 Å². The van der Waals surface area contributed by atoms with Crippen molar-refractivity contribution >= 4 is 38.6 Å². The number of methoxy groups -OCH3 is 1. The van der Waals surface area contributed by atoms with Gasteiger partial charge in [-0.3, -0.25) is 4.57 Å². The predicted octanol–water partition coefficient (Wildman–Crippen LogP) is 4.58. The van der Waals surface area contributed by atoms with E-state index in [9.17, 15) is 0 Å². The molecule has 21 heavy (non-hydrogen) atoms. The number of alkyl halides is 1. The topological polar surface area (TPSA) is 27.1 Å². The number of hydrogen-bond acceptors (Lipinski definition) is 2. The van der Waals surface area contributed by atoms with E-state index in [0.29, 0.717) is 12.3 Å². The fraction of sp³-hybridized carbons (Fsp3) is 0.188. The summed E-state index contributed by atoms with van der Waals surface area (Å²) in [7, 11) is 1.66. The van der Waals surface area contributed by atoms with E-state index in [1.165, 1.54) is 0 Å². The second kappa shape index (κ2) is 6.08. The molecular formula is C16H14BrClN2O. The number of nitrogens with zero attached hydrogens (tertiary/aromatic N) is 2. The summed E-state index contributed by atoms with van der Waals surface area (Å²) >= 11 is 9.44. The molecule has 0 atom stereocenters. The molecule has 2 aromatic carbocycles. The highest BCUT2D eigenvalue weighted by Crippen LogP contribution is 2.26. The third-order valence-corrected chi connectivity index (χ3v) is 4.00. The van der Waals surface area contributed by atoms with Gasteiger partial charge in [0.1, 0.15) is 11.6 Å².